The molecule has 2 fully saturated rings. The molecule has 5 nitrogen and oxygen atoms in total. The van der Waals surface area contributed by atoms with Crippen molar-refractivity contribution in [1.82, 2.24) is 20.0 Å². The van der Waals surface area contributed by atoms with E-state index in [1.807, 2.05) is 42.3 Å². The second-order valence-corrected chi connectivity index (χ2v) is 6.29. The molecule has 2 unspecified atom stereocenters. The molecular weight excluding hydrogens is 276 g/mol. The number of hydrogen-bond acceptors (Lipinski definition) is 3. The Morgan fingerprint density at radius 1 is 1.41 bits per heavy atom. The van der Waals surface area contributed by atoms with Crippen LogP contribution in [0.25, 0.3) is 5.69 Å². The Labute approximate surface area is 129 Å². The SMILES string of the molecule is Cc1ccc(-n2cccn2)c(C(=O)N2CCC3CNC3C2)c1. The van der Waals surface area contributed by atoms with Gasteiger partial charge < -0.3 is 10.2 Å². The quantitative estimate of drug-likeness (QED) is 0.916. The second-order valence-electron chi connectivity index (χ2n) is 6.29. The Hall–Kier alpha value is -2.14. The number of aryl methyl sites for hydroxylation is 1. The molecule has 114 valence electrons. The number of nitrogens with zero attached hydrogens (tertiary/aromatic N) is 3. The van der Waals surface area contributed by atoms with Crippen molar-refractivity contribution in [1.29, 1.82) is 0 Å². The van der Waals surface area contributed by atoms with Gasteiger partial charge in [-0.25, -0.2) is 4.68 Å². The lowest BCUT2D eigenvalue weighted by molar-refractivity contribution is 0.0518. The highest BCUT2D eigenvalue weighted by molar-refractivity contribution is 5.98. The summed E-state index contributed by atoms with van der Waals surface area (Å²) >= 11 is 0. The second kappa shape index (κ2) is 5.25. The minimum atomic E-state index is 0.112. The van der Waals surface area contributed by atoms with Crippen LogP contribution in [0.5, 0.6) is 0 Å². The van der Waals surface area contributed by atoms with Crippen molar-refractivity contribution < 1.29 is 4.79 Å². The number of nitrogens with one attached hydrogen (secondary N) is 1. The highest BCUT2D eigenvalue weighted by Gasteiger charge is 2.37. The molecule has 5 heteroatoms. The number of carbonyl (C=O) groups is 1. The molecule has 1 N–H and O–H groups in total. The summed E-state index contributed by atoms with van der Waals surface area (Å²) < 4.78 is 1.76. The van der Waals surface area contributed by atoms with Gasteiger partial charge in [0.05, 0.1) is 11.3 Å². The van der Waals surface area contributed by atoms with E-state index in [0.717, 1.165) is 48.8 Å². The molecule has 2 aliphatic heterocycles. The van der Waals surface area contributed by atoms with Crippen molar-refractivity contribution in [3.05, 3.63) is 47.8 Å². The van der Waals surface area contributed by atoms with Crippen molar-refractivity contribution in [2.24, 2.45) is 5.92 Å². The van der Waals surface area contributed by atoms with E-state index in [0.29, 0.717) is 6.04 Å². The van der Waals surface area contributed by atoms with Gasteiger partial charge in [-0.2, -0.15) is 5.10 Å². The molecule has 0 aliphatic carbocycles. The van der Waals surface area contributed by atoms with Crippen LogP contribution in [0.1, 0.15) is 22.3 Å². The van der Waals surface area contributed by atoms with Crippen molar-refractivity contribution in [2.75, 3.05) is 19.6 Å². The fourth-order valence-corrected chi connectivity index (χ4v) is 3.41. The van der Waals surface area contributed by atoms with Gasteiger partial charge in [0.1, 0.15) is 0 Å². The van der Waals surface area contributed by atoms with Crippen LogP contribution in [0, 0.1) is 12.8 Å². The van der Waals surface area contributed by atoms with E-state index in [1.54, 1.807) is 10.9 Å². The molecule has 0 spiro atoms. The van der Waals surface area contributed by atoms with Gasteiger partial charge in [0.15, 0.2) is 0 Å². The number of rotatable bonds is 2. The van der Waals surface area contributed by atoms with E-state index in [2.05, 4.69) is 10.4 Å². The summed E-state index contributed by atoms with van der Waals surface area (Å²) in [6.07, 6.45) is 4.71. The Morgan fingerprint density at radius 3 is 3.00 bits per heavy atom. The first-order valence-electron chi connectivity index (χ1n) is 7.86. The summed E-state index contributed by atoms with van der Waals surface area (Å²) in [5, 5.41) is 7.70. The molecule has 2 saturated heterocycles. The number of fused-ring (bicyclic) bond motifs is 1. The summed E-state index contributed by atoms with van der Waals surface area (Å²) in [5.41, 5.74) is 2.68. The van der Waals surface area contributed by atoms with Crippen molar-refractivity contribution >= 4 is 5.91 Å². The van der Waals surface area contributed by atoms with Gasteiger partial charge in [-0.3, -0.25) is 4.79 Å². The zero-order chi connectivity index (χ0) is 15.1. The molecule has 3 heterocycles. The van der Waals surface area contributed by atoms with E-state index in [1.165, 1.54) is 0 Å². The molecule has 2 atom stereocenters. The summed E-state index contributed by atoms with van der Waals surface area (Å²) in [6, 6.07) is 8.32. The molecule has 4 rings (SSSR count). The van der Waals surface area contributed by atoms with Gasteiger partial charge in [-0.15, -0.1) is 0 Å². The van der Waals surface area contributed by atoms with E-state index in [9.17, 15) is 4.79 Å². The Balaban J connectivity index is 1.66. The minimum absolute atomic E-state index is 0.112. The topological polar surface area (TPSA) is 50.2 Å². The smallest absolute Gasteiger partial charge is 0.256 e. The highest BCUT2D eigenvalue weighted by atomic mass is 16.2. The van der Waals surface area contributed by atoms with Crippen LogP contribution < -0.4 is 5.32 Å². The van der Waals surface area contributed by atoms with Crippen molar-refractivity contribution in [3.63, 3.8) is 0 Å². The fourth-order valence-electron chi connectivity index (χ4n) is 3.41. The molecular formula is C17H20N4O. The third kappa shape index (κ3) is 2.22. The number of benzene rings is 1. The number of aromatic nitrogens is 2. The predicted octanol–water partition coefficient (Wildman–Crippen LogP) is 1.61. The summed E-state index contributed by atoms with van der Waals surface area (Å²) in [6.45, 7) is 4.79. The number of amides is 1. The molecule has 2 aromatic rings. The molecule has 0 bridgehead atoms. The zero-order valence-corrected chi connectivity index (χ0v) is 12.7. The third-order valence-corrected chi connectivity index (χ3v) is 4.82. The fraction of sp³-hybridized carbons (Fsp3) is 0.412. The summed E-state index contributed by atoms with van der Waals surface area (Å²) in [4.78, 5) is 15.0. The largest absolute Gasteiger partial charge is 0.337 e. The monoisotopic (exact) mass is 296 g/mol. The molecule has 1 aromatic carbocycles. The first-order chi connectivity index (χ1) is 10.7. The van der Waals surface area contributed by atoms with Crippen LogP contribution in [0.3, 0.4) is 0 Å². The van der Waals surface area contributed by atoms with E-state index in [4.69, 9.17) is 0 Å². The number of piperidine rings is 1. The minimum Gasteiger partial charge on any atom is -0.337 e. The molecule has 0 saturated carbocycles. The lowest BCUT2D eigenvalue weighted by Gasteiger charge is -2.46. The van der Waals surface area contributed by atoms with Crippen LogP contribution in [-0.2, 0) is 0 Å². The Kier molecular flexibility index (Phi) is 3.22. The molecule has 1 aromatic heterocycles. The van der Waals surface area contributed by atoms with Gasteiger partial charge in [0, 0.05) is 31.5 Å². The van der Waals surface area contributed by atoms with Crippen molar-refractivity contribution in [2.45, 2.75) is 19.4 Å². The van der Waals surface area contributed by atoms with E-state index in [-0.39, 0.29) is 5.91 Å². The predicted molar refractivity (Wildman–Crippen MR) is 84.1 cm³/mol. The van der Waals surface area contributed by atoms with Gasteiger partial charge in [-0.1, -0.05) is 11.6 Å². The molecule has 1 amide bonds. The van der Waals surface area contributed by atoms with Crippen LogP contribution in [0.4, 0.5) is 0 Å². The zero-order valence-electron chi connectivity index (χ0n) is 12.7. The van der Waals surface area contributed by atoms with Gasteiger partial charge in [0.2, 0.25) is 0 Å². The van der Waals surface area contributed by atoms with Gasteiger partial charge >= 0.3 is 0 Å². The molecule has 22 heavy (non-hydrogen) atoms. The maximum Gasteiger partial charge on any atom is 0.256 e. The normalized spacial score (nSPS) is 23.8. The van der Waals surface area contributed by atoms with Gasteiger partial charge in [0.25, 0.3) is 5.91 Å². The molecule has 0 radical (unpaired) electrons. The van der Waals surface area contributed by atoms with Crippen LogP contribution in [0.15, 0.2) is 36.7 Å². The Morgan fingerprint density at radius 2 is 2.32 bits per heavy atom. The first kappa shape index (κ1) is 13.5. The van der Waals surface area contributed by atoms with E-state index >= 15 is 0 Å². The van der Waals surface area contributed by atoms with Gasteiger partial charge in [-0.05, 0) is 44.0 Å². The number of carbonyl (C=O) groups excluding carboxylic acids is 1. The lowest BCUT2D eigenvalue weighted by Crippen LogP contribution is -2.62. The summed E-state index contributed by atoms with van der Waals surface area (Å²) in [5.74, 6) is 0.869. The first-order valence-corrected chi connectivity index (χ1v) is 7.86. The maximum absolute atomic E-state index is 13.0. The standard InChI is InChI=1S/C17H20N4O/c1-12-3-4-16(21-7-2-6-19-21)14(9-12)17(22)20-8-5-13-10-18-15(13)11-20/h2-4,6-7,9,13,15,18H,5,8,10-11H2,1H3. The van der Waals surface area contributed by atoms with Crippen LogP contribution in [0.2, 0.25) is 0 Å². The summed E-state index contributed by atoms with van der Waals surface area (Å²) in [7, 11) is 0. The van der Waals surface area contributed by atoms with E-state index < -0.39 is 0 Å². The average molecular weight is 296 g/mol. The Bertz CT molecular complexity index is 695. The average Bonchev–Trinajstić information content (AvgIpc) is 3.02. The van der Waals surface area contributed by atoms with Crippen molar-refractivity contribution in [3.8, 4) is 5.69 Å². The van der Waals surface area contributed by atoms with Crippen LogP contribution >= 0.6 is 0 Å². The maximum atomic E-state index is 13.0. The van der Waals surface area contributed by atoms with Crippen LogP contribution in [-0.4, -0.2) is 46.3 Å². The third-order valence-electron chi connectivity index (χ3n) is 4.82. The highest BCUT2D eigenvalue weighted by Crippen LogP contribution is 2.26. The molecule has 2 aliphatic rings. The lowest BCUT2D eigenvalue weighted by atomic mass is 9.84. The number of hydrogen-bond donors (Lipinski definition) is 1. The number of likely N-dealkylation sites (tertiary alicyclic amines) is 1.